The Morgan fingerprint density at radius 3 is 2.61 bits per heavy atom. The van der Waals surface area contributed by atoms with Gasteiger partial charge in [0, 0.05) is 55.1 Å². The molecule has 2 aromatic rings. The number of carbonyl (C=O) groups excluding carboxylic acids is 3. The van der Waals surface area contributed by atoms with Gasteiger partial charge in [0.25, 0.3) is 0 Å². The lowest BCUT2D eigenvalue weighted by Crippen LogP contribution is -2.37. The lowest BCUT2D eigenvalue weighted by Gasteiger charge is -2.37. The Morgan fingerprint density at radius 2 is 1.89 bits per heavy atom. The number of likely N-dealkylation sites (tertiary alicyclic amines) is 1. The van der Waals surface area contributed by atoms with Gasteiger partial charge in [-0.3, -0.25) is 9.59 Å². The monoisotopic (exact) mass is 516 g/mol. The summed E-state index contributed by atoms with van der Waals surface area (Å²) in [7, 11) is 1.62. The van der Waals surface area contributed by atoms with E-state index in [1.807, 2.05) is 37.3 Å². The van der Waals surface area contributed by atoms with E-state index in [2.05, 4.69) is 5.32 Å². The van der Waals surface area contributed by atoms with Crippen LogP contribution in [0.1, 0.15) is 56.1 Å². The third-order valence-corrected chi connectivity index (χ3v) is 7.69. The van der Waals surface area contributed by atoms with Crippen molar-refractivity contribution < 1.29 is 29.0 Å². The summed E-state index contributed by atoms with van der Waals surface area (Å²) in [5.74, 6) is -0.606. The van der Waals surface area contributed by atoms with Crippen molar-refractivity contribution in [2.45, 2.75) is 51.0 Å². The first-order valence-electron chi connectivity index (χ1n) is 12.9. The van der Waals surface area contributed by atoms with E-state index < -0.39 is 18.0 Å². The molecule has 198 valence electrons. The van der Waals surface area contributed by atoms with Crippen LogP contribution in [0.25, 0.3) is 0 Å². The highest BCUT2D eigenvalue weighted by molar-refractivity contribution is 6.04. The van der Waals surface area contributed by atoms with E-state index in [0.717, 1.165) is 17.0 Å². The molecule has 1 amide bonds. The summed E-state index contributed by atoms with van der Waals surface area (Å²) in [4.78, 5) is 40.8. The fourth-order valence-electron chi connectivity index (χ4n) is 5.90. The summed E-state index contributed by atoms with van der Waals surface area (Å²) >= 11 is 0. The molecule has 8 heteroatoms. The molecule has 3 atom stereocenters. The number of ketones is 1. The number of esters is 1. The van der Waals surface area contributed by atoms with E-state index in [1.165, 1.54) is 6.92 Å². The zero-order valence-electron chi connectivity index (χ0n) is 21.8. The van der Waals surface area contributed by atoms with Gasteiger partial charge in [0.2, 0.25) is 5.91 Å². The van der Waals surface area contributed by atoms with Crippen LogP contribution in [-0.2, 0) is 19.1 Å². The Balaban J connectivity index is 1.51. The number of Topliss-reactive ketones (excluding diaryl/α,β-unsaturated/α-hetero) is 1. The van der Waals surface area contributed by atoms with Gasteiger partial charge in [0.15, 0.2) is 5.78 Å². The average molecular weight is 517 g/mol. The van der Waals surface area contributed by atoms with E-state index >= 15 is 0 Å². The first kappa shape index (κ1) is 25.6. The molecule has 0 radical (unpaired) electrons. The number of aromatic hydroxyl groups is 1. The van der Waals surface area contributed by atoms with Crippen LogP contribution in [0, 0.1) is 0 Å². The van der Waals surface area contributed by atoms with Crippen LogP contribution in [0.2, 0.25) is 0 Å². The number of methoxy groups -OCH3 is 1. The van der Waals surface area contributed by atoms with Gasteiger partial charge in [-0.25, -0.2) is 4.79 Å². The van der Waals surface area contributed by atoms with Crippen LogP contribution in [0.3, 0.4) is 0 Å². The minimum atomic E-state index is -0.678. The zero-order chi connectivity index (χ0) is 27.0. The molecule has 1 saturated heterocycles. The highest BCUT2D eigenvalue weighted by atomic mass is 16.5. The number of carbonyl (C=O) groups is 3. The molecule has 2 unspecified atom stereocenters. The van der Waals surface area contributed by atoms with Gasteiger partial charge in [-0.2, -0.15) is 0 Å². The predicted molar refractivity (Wildman–Crippen MR) is 140 cm³/mol. The molecule has 38 heavy (non-hydrogen) atoms. The molecule has 3 aliphatic rings. The fourth-order valence-corrected chi connectivity index (χ4v) is 5.90. The molecule has 0 aromatic heterocycles. The molecule has 2 aliphatic heterocycles. The number of hydrogen-bond acceptors (Lipinski definition) is 7. The molecule has 8 nitrogen and oxygen atoms in total. The largest absolute Gasteiger partial charge is 0.508 e. The number of benzene rings is 2. The summed E-state index contributed by atoms with van der Waals surface area (Å²) < 4.78 is 11.4. The topological polar surface area (TPSA) is 105 Å². The summed E-state index contributed by atoms with van der Waals surface area (Å²) in [5, 5.41) is 13.6. The second-order valence-corrected chi connectivity index (χ2v) is 10.1. The standard InChI is InChI=1S/C30H32N2O6/c1-17-27(30(36)38-22-11-12-32(16-22)18(2)33)28(19-7-6-8-21(34)13-19)29-24(31-17)14-20(15-25(29)35)23-9-4-5-10-26(23)37-3/h4-10,13,20,22,28,31,34H,11-12,14-16H2,1-3H3/t20?,22?,28-/m1/s1. The number of nitrogens with zero attached hydrogens (tertiary/aromatic N) is 1. The van der Waals surface area contributed by atoms with Crippen molar-refractivity contribution >= 4 is 17.7 Å². The highest BCUT2D eigenvalue weighted by Gasteiger charge is 2.42. The maximum atomic E-state index is 13.8. The van der Waals surface area contributed by atoms with Crippen molar-refractivity contribution in [1.82, 2.24) is 10.2 Å². The number of ether oxygens (including phenoxy) is 2. The second kappa shape index (κ2) is 10.4. The summed E-state index contributed by atoms with van der Waals surface area (Å²) in [6.07, 6.45) is 0.999. The molecule has 5 rings (SSSR count). The zero-order valence-corrected chi connectivity index (χ0v) is 21.8. The van der Waals surface area contributed by atoms with Gasteiger partial charge >= 0.3 is 5.97 Å². The maximum Gasteiger partial charge on any atom is 0.337 e. The van der Waals surface area contributed by atoms with Crippen LogP contribution in [0.15, 0.2) is 71.1 Å². The van der Waals surface area contributed by atoms with Gasteiger partial charge < -0.3 is 24.8 Å². The van der Waals surface area contributed by atoms with Crippen LogP contribution < -0.4 is 10.1 Å². The summed E-state index contributed by atoms with van der Waals surface area (Å²) in [6.45, 7) is 4.20. The molecular weight excluding hydrogens is 484 g/mol. The van der Waals surface area contributed by atoms with E-state index in [1.54, 1.807) is 30.2 Å². The van der Waals surface area contributed by atoms with E-state index in [9.17, 15) is 19.5 Å². The number of nitrogens with one attached hydrogen (secondary N) is 1. The number of para-hydroxylation sites is 1. The molecule has 1 aliphatic carbocycles. The second-order valence-electron chi connectivity index (χ2n) is 10.1. The summed E-state index contributed by atoms with van der Waals surface area (Å²) in [5.41, 5.74) is 3.86. The number of amides is 1. The van der Waals surface area contributed by atoms with Crippen molar-refractivity contribution in [1.29, 1.82) is 0 Å². The average Bonchev–Trinajstić information content (AvgIpc) is 3.36. The number of rotatable bonds is 5. The fraction of sp³-hybridized carbons (Fsp3) is 0.367. The quantitative estimate of drug-likeness (QED) is 0.580. The molecule has 0 bridgehead atoms. The summed E-state index contributed by atoms with van der Waals surface area (Å²) in [6, 6.07) is 14.4. The molecule has 0 saturated carbocycles. The Labute approximate surface area is 221 Å². The van der Waals surface area contributed by atoms with Crippen LogP contribution in [-0.4, -0.2) is 54.0 Å². The number of allylic oxidation sites excluding steroid dienone is 3. The normalized spacial score (nSPS) is 23.2. The van der Waals surface area contributed by atoms with E-state index in [4.69, 9.17) is 9.47 Å². The first-order chi connectivity index (χ1) is 18.3. The number of phenols is 1. The van der Waals surface area contributed by atoms with Crippen molar-refractivity contribution in [3.63, 3.8) is 0 Å². The minimum Gasteiger partial charge on any atom is -0.508 e. The molecule has 1 fully saturated rings. The number of phenolic OH excluding ortho intramolecular Hbond substituents is 1. The van der Waals surface area contributed by atoms with Crippen molar-refractivity contribution in [2.24, 2.45) is 0 Å². The Bertz CT molecular complexity index is 1360. The molecule has 0 spiro atoms. The SMILES string of the molecule is COc1ccccc1C1CC(=O)C2=C(C1)NC(C)=C(C(=O)OC1CCN(C(C)=O)C1)[C@H]2c1cccc(O)c1. The van der Waals surface area contributed by atoms with Crippen molar-refractivity contribution in [3.8, 4) is 11.5 Å². The number of dihydropyridines is 1. The molecule has 2 heterocycles. The predicted octanol–water partition coefficient (Wildman–Crippen LogP) is 3.93. The van der Waals surface area contributed by atoms with E-state index in [0.29, 0.717) is 48.3 Å². The third-order valence-electron chi connectivity index (χ3n) is 7.69. The van der Waals surface area contributed by atoms with Crippen molar-refractivity contribution in [3.05, 3.63) is 82.2 Å². The van der Waals surface area contributed by atoms with Crippen LogP contribution >= 0.6 is 0 Å². The van der Waals surface area contributed by atoms with Gasteiger partial charge in [0.1, 0.15) is 17.6 Å². The lowest BCUT2D eigenvalue weighted by atomic mass is 9.71. The van der Waals surface area contributed by atoms with Gasteiger partial charge in [0.05, 0.1) is 19.2 Å². The minimum absolute atomic E-state index is 0.0524. The molecule has 2 N–H and O–H groups in total. The molecular formula is C30H32N2O6. The van der Waals surface area contributed by atoms with Crippen LogP contribution in [0.4, 0.5) is 0 Å². The van der Waals surface area contributed by atoms with Gasteiger partial charge in [-0.1, -0.05) is 30.3 Å². The number of hydrogen-bond donors (Lipinski definition) is 2. The lowest BCUT2D eigenvalue weighted by molar-refractivity contribution is -0.145. The van der Waals surface area contributed by atoms with Crippen molar-refractivity contribution in [2.75, 3.05) is 20.2 Å². The third kappa shape index (κ3) is 4.78. The van der Waals surface area contributed by atoms with E-state index in [-0.39, 0.29) is 29.8 Å². The van der Waals surface area contributed by atoms with Gasteiger partial charge in [-0.05, 0) is 42.7 Å². The first-order valence-corrected chi connectivity index (χ1v) is 12.9. The van der Waals surface area contributed by atoms with Crippen LogP contribution in [0.5, 0.6) is 11.5 Å². The maximum absolute atomic E-state index is 13.8. The highest BCUT2D eigenvalue weighted by Crippen LogP contribution is 2.47. The smallest absolute Gasteiger partial charge is 0.337 e. The Hall–Kier alpha value is -4.07. The Kier molecular flexibility index (Phi) is 6.97. The van der Waals surface area contributed by atoms with Gasteiger partial charge in [-0.15, -0.1) is 0 Å². The molecule has 2 aromatic carbocycles. The Morgan fingerprint density at radius 1 is 1.11 bits per heavy atom.